The lowest BCUT2D eigenvalue weighted by molar-refractivity contribution is -0.169. The molecule has 0 amide bonds. The van der Waals surface area contributed by atoms with Gasteiger partial charge >= 0.3 is 6.18 Å². The highest BCUT2D eigenvalue weighted by molar-refractivity contribution is 7.09. The van der Waals surface area contributed by atoms with Crippen LogP contribution in [-0.4, -0.2) is 11.2 Å². The van der Waals surface area contributed by atoms with Crippen LogP contribution in [0.4, 0.5) is 13.2 Å². The summed E-state index contributed by atoms with van der Waals surface area (Å²) in [6, 6.07) is 0. The number of thiazole rings is 1. The van der Waals surface area contributed by atoms with E-state index in [9.17, 15) is 13.2 Å². The molecule has 1 rings (SSSR count). The third-order valence-electron chi connectivity index (χ3n) is 1.52. The van der Waals surface area contributed by atoms with Crippen LogP contribution in [0, 0.1) is 5.92 Å². The molecule has 0 aliphatic carbocycles. The van der Waals surface area contributed by atoms with Crippen LogP contribution in [0.3, 0.4) is 0 Å². The molecule has 1 unspecified atom stereocenters. The van der Waals surface area contributed by atoms with Crippen molar-refractivity contribution in [2.24, 2.45) is 5.92 Å². The zero-order valence-electron chi connectivity index (χ0n) is 8.43. The summed E-state index contributed by atoms with van der Waals surface area (Å²) in [7, 11) is 0. The predicted molar refractivity (Wildman–Crippen MR) is 52.4 cm³/mol. The highest BCUT2D eigenvalue weighted by Gasteiger charge is 2.36. The van der Waals surface area contributed by atoms with E-state index in [0.717, 1.165) is 0 Å². The molecule has 5 heteroatoms. The van der Waals surface area contributed by atoms with Gasteiger partial charge < -0.3 is 0 Å². The van der Waals surface area contributed by atoms with Crippen molar-refractivity contribution in [3.63, 3.8) is 0 Å². The van der Waals surface area contributed by atoms with Gasteiger partial charge in [-0.3, -0.25) is 0 Å². The lowest BCUT2D eigenvalue weighted by Crippen LogP contribution is -2.21. The molecule has 0 aromatic carbocycles. The summed E-state index contributed by atoms with van der Waals surface area (Å²) in [5, 5.41) is 2.22. The lowest BCUT2D eigenvalue weighted by Gasteiger charge is -2.13. The van der Waals surface area contributed by atoms with Crippen LogP contribution in [0.5, 0.6) is 0 Å². The van der Waals surface area contributed by atoms with Gasteiger partial charge in [0.2, 0.25) is 0 Å². The van der Waals surface area contributed by atoms with Gasteiger partial charge in [0.15, 0.2) is 0 Å². The van der Waals surface area contributed by atoms with Crippen molar-refractivity contribution in [3.8, 4) is 0 Å². The minimum atomic E-state index is -4.11. The highest BCUT2D eigenvalue weighted by Crippen LogP contribution is 2.28. The molecular formula is C9H14F3NS. The zero-order valence-corrected chi connectivity index (χ0v) is 9.25. The van der Waals surface area contributed by atoms with Gasteiger partial charge in [0.1, 0.15) is 0 Å². The van der Waals surface area contributed by atoms with Gasteiger partial charge in [0.25, 0.3) is 0 Å². The quantitative estimate of drug-likeness (QED) is 0.743. The van der Waals surface area contributed by atoms with Gasteiger partial charge in [0, 0.05) is 18.0 Å². The monoisotopic (exact) mass is 225 g/mol. The average molecular weight is 225 g/mol. The molecule has 0 saturated carbocycles. The number of hydrogen-bond donors (Lipinski definition) is 0. The molecule has 82 valence electrons. The third kappa shape index (κ3) is 4.60. The molecular weight excluding hydrogens is 211 g/mol. The van der Waals surface area contributed by atoms with Crippen molar-refractivity contribution in [2.75, 3.05) is 0 Å². The Labute approximate surface area is 86.0 Å². The summed E-state index contributed by atoms with van der Waals surface area (Å²) >= 11 is 1.26. The van der Waals surface area contributed by atoms with Crippen LogP contribution in [-0.2, 0) is 6.42 Å². The molecule has 1 aromatic rings. The van der Waals surface area contributed by atoms with E-state index in [2.05, 4.69) is 4.98 Å². The Balaban J connectivity index is 0.000000791. The van der Waals surface area contributed by atoms with Crippen molar-refractivity contribution in [3.05, 3.63) is 16.6 Å². The molecule has 0 saturated heterocycles. The Hall–Kier alpha value is -0.580. The average Bonchev–Trinajstić information content (AvgIpc) is 2.59. The SMILES string of the molecule is CC.CC(Cc1nccs1)C(F)(F)F. The maximum absolute atomic E-state index is 12.0. The Morgan fingerprint density at radius 3 is 2.36 bits per heavy atom. The normalized spacial score (nSPS) is 13.0. The molecule has 14 heavy (non-hydrogen) atoms. The molecule has 1 atom stereocenters. The second-order valence-electron chi connectivity index (χ2n) is 2.57. The fraction of sp³-hybridized carbons (Fsp3) is 0.667. The van der Waals surface area contributed by atoms with E-state index in [1.165, 1.54) is 24.5 Å². The second kappa shape index (κ2) is 6.01. The first-order valence-corrected chi connectivity index (χ1v) is 5.33. The van der Waals surface area contributed by atoms with Crippen molar-refractivity contribution in [1.82, 2.24) is 4.98 Å². The number of alkyl halides is 3. The number of aromatic nitrogens is 1. The zero-order chi connectivity index (χ0) is 11.2. The van der Waals surface area contributed by atoms with Crippen LogP contribution in [0.25, 0.3) is 0 Å². The Kier molecular flexibility index (Phi) is 5.76. The van der Waals surface area contributed by atoms with Gasteiger partial charge in [-0.2, -0.15) is 13.2 Å². The molecule has 1 nitrogen and oxygen atoms in total. The van der Waals surface area contributed by atoms with E-state index < -0.39 is 12.1 Å². The number of rotatable bonds is 2. The molecule has 0 bridgehead atoms. The smallest absolute Gasteiger partial charge is 0.250 e. The summed E-state index contributed by atoms with van der Waals surface area (Å²) < 4.78 is 36.1. The summed E-state index contributed by atoms with van der Waals surface area (Å²) in [5.74, 6) is -1.30. The van der Waals surface area contributed by atoms with Crippen LogP contribution < -0.4 is 0 Å². The second-order valence-corrected chi connectivity index (χ2v) is 3.55. The third-order valence-corrected chi connectivity index (χ3v) is 2.33. The first kappa shape index (κ1) is 13.4. The molecule has 0 aliphatic heterocycles. The molecule has 1 aromatic heterocycles. The summed E-state index contributed by atoms with van der Waals surface area (Å²) in [4.78, 5) is 3.79. The summed E-state index contributed by atoms with van der Waals surface area (Å²) in [6.07, 6.45) is -2.60. The largest absolute Gasteiger partial charge is 0.391 e. The maximum atomic E-state index is 12.0. The molecule has 0 radical (unpaired) electrons. The van der Waals surface area contributed by atoms with Crippen molar-refractivity contribution < 1.29 is 13.2 Å². The van der Waals surface area contributed by atoms with Gasteiger partial charge in [-0.05, 0) is 0 Å². The summed E-state index contributed by atoms with van der Waals surface area (Å²) in [5.41, 5.74) is 0. The van der Waals surface area contributed by atoms with E-state index in [1.54, 1.807) is 5.38 Å². The van der Waals surface area contributed by atoms with Crippen molar-refractivity contribution in [1.29, 1.82) is 0 Å². The predicted octanol–water partition coefficient (Wildman–Crippen LogP) is 3.91. The van der Waals surface area contributed by atoms with Gasteiger partial charge in [-0.1, -0.05) is 20.8 Å². The Bertz CT molecular complexity index is 231. The fourth-order valence-electron chi connectivity index (χ4n) is 0.731. The standard InChI is InChI=1S/C7H8F3NS.C2H6/c1-5(7(8,9)10)4-6-11-2-3-12-6;1-2/h2-3,5H,4H2,1H3;1-2H3. The van der Waals surface area contributed by atoms with Gasteiger partial charge in [-0.15, -0.1) is 11.3 Å². The van der Waals surface area contributed by atoms with E-state index in [4.69, 9.17) is 0 Å². The fourth-order valence-corrected chi connectivity index (χ4v) is 1.48. The van der Waals surface area contributed by atoms with E-state index in [0.29, 0.717) is 5.01 Å². The highest BCUT2D eigenvalue weighted by atomic mass is 32.1. The lowest BCUT2D eigenvalue weighted by atomic mass is 10.1. The van der Waals surface area contributed by atoms with Crippen molar-refractivity contribution >= 4 is 11.3 Å². The molecule has 0 spiro atoms. The van der Waals surface area contributed by atoms with Crippen LogP contribution in [0.1, 0.15) is 25.8 Å². The van der Waals surface area contributed by atoms with Crippen molar-refractivity contribution in [2.45, 2.75) is 33.4 Å². The van der Waals surface area contributed by atoms with Gasteiger partial charge in [-0.25, -0.2) is 4.98 Å². The molecule has 0 fully saturated rings. The minimum absolute atomic E-state index is 0.0127. The molecule has 0 N–H and O–H groups in total. The Morgan fingerprint density at radius 1 is 1.43 bits per heavy atom. The first-order valence-electron chi connectivity index (χ1n) is 4.45. The van der Waals surface area contributed by atoms with E-state index >= 15 is 0 Å². The molecule has 1 heterocycles. The van der Waals surface area contributed by atoms with E-state index in [1.807, 2.05) is 13.8 Å². The Morgan fingerprint density at radius 2 is 2.00 bits per heavy atom. The summed E-state index contributed by atoms with van der Waals surface area (Å²) in [6.45, 7) is 5.17. The van der Waals surface area contributed by atoms with E-state index in [-0.39, 0.29) is 6.42 Å². The minimum Gasteiger partial charge on any atom is -0.250 e. The number of halogens is 3. The topological polar surface area (TPSA) is 12.9 Å². The van der Waals surface area contributed by atoms with Crippen LogP contribution in [0.15, 0.2) is 11.6 Å². The number of hydrogen-bond acceptors (Lipinski definition) is 2. The first-order chi connectivity index (χ1) is 6.50. The van der Waals surface area contributed by atoms with Crippen LogP contribution >= 0.6 is 11.3 Å². The van der Waals surface area contributed by atoms with Crippen LogP contribution in [0.2, 0.25) is 0 Å². The molecule has 0 aliphatic rings. The van der Waals surface area contributed by atoms with Gasteiger partial charge in [0.05, 0.1) is 10.9 Å². The number of nitrogens with zero attached hydrogens (tertiary/aromatic N) is 1. The maximum Gasteiger partial charge on any atom is 0.391 e.